The summed E-state index contributed by atoms with van der Waals surface area (Å²) < 4.78 is 5.66. The quantitative estimate of drug-likeness (QED) is 0.706. The Hall–Kier alpha value is -2.63. The number of nitriles is 1. The first-order valence-corrected chi connectivity index (χ1v) is 6.83. The van der Waals surface area contributed by atoms with E-state index < -0.39 is 0 Å². The van der Waals surface area contributed by atoms with Crippen molar-refractivity contribution >= 4 is 10.8 Å². The summed E-state index contributed by atoms with van der Waals surface area (Å²) in [4.78, 5) is 0. The molecule has 1 atom stereocenters. The third-order valence-electron chi connectivity index (χ3n) is 3.65. The summed E-state index contributed by atoms with van der Waals surface area (Å²) in [6, 6.07) is 24.3. The number of fused-ring (bicyclic) bond motifs is 1. The predicted molar refractivity (Wildman–Crippen MR) is 84.0 cm³/mol. The summed E-state index contributed by atoms with van der Waals surface area (Å²) in [5.41, 5.74) is 2.82. The molecule has 3 rings (SSSR count). The summed E-state index contributed by atoms with van der Waals surface area (Å²) in [5.74, 6) is 0. The molecule has 0 aliphatic rings. The van der Waals surface area contributed by atoms with Crippen molar-refractivity contribution in [2.75, 3.05) is 7.11 Å². The number of methoxy groups -OCH3 is 1. The fourth-order valence-corrected chi connectivity index (χ4v) is 2.57. The van der Waals surface area contributed by atoms with E-state index in [2.05, 4.69) is 36.4 Å². The summed E-state index contributed by atoms with van der Waals surface area (Å²) in [6.45, 7) is 0. The van der Waals surface area contributed by atoms with E-state index in [1.54, 1.807) is 7.11 Å². The molecule has 2 nitrogen and oxygen atoms in total. The fraction of sp³-hybridized carbons (Fsp3) is 0.105. The van der Waals surface area contributed by atoms with Crippen LogP contribution >= 0.6 is 0 Å². The maximum absolute atomic E-state index is 8.88. The summed E-state index contributed by atoms with van der Waals surface area (Å²) >= 11 is 0. The zero-order chi connectivity index (χ0) is 14.7. The van der Waals surface area contributed by atoms with E-state index in [9.17, 15) is 0 Å². The van der Waals surface area contributed by atoms with Gasteiger partial charge in [0.2, 0.25) is 0 Å². The van der Waals surface area contributed by atoms with Gasteiger partial charge in [-0.3, -0.25) is 0 Å². The molecule has 0 saturated carbocycles. The average molecular weight is 273 g/mol. The molecular formula is C19H15NO. The predicted octanol–water partition coefficient (Wildman–Crippen LogP) is 4.45. The van der Waals surface area contributed by atoms with E-state index in [0.717, 1.165) is 11.1 Å². The smallest absolute Gasteiger partial charge is 0.107 e. The molecule has 0 aliphatic carbocycles. The van der Waals surface area contributed by atoms with Gasteiger partial charge in [-0.2, -0.15) is 5.26 Å². The molecule has 0 amide bonds. The first-order chi connectivity index (χ1) is 10.3. The summed E-state index contributed by atoms with van der Waals surface area (Å²) in [5, 5.41) is 11.3. The van der Waals surface area contributed by atoms with Gasteiger partial charge >= 0.3 is 0 Å². The average Bonchev–Trinajstić information content (AvgIpc) is 2.56. The van der Waals surface area contributed by atoms with Gasteiger partial charge in [-0.15, -0.1) is 0 Å². The topological polar surface area (TPSA) is 33.0 Å². The number of hydrogen-bond acceptors (Lipinski definition) is 2. The van der Waals surface area contributed by atoms with Crippen molar-refractivity contribution in [2.24, 2.45) is 0 Å². The van der Waals surface area contributed by atoms with E-state index in [1.165, 1.54) is 10.8 Å². The lowest BCUT2D eigenvalue weighted by atomic mass is 9.98. The number of rotatable bonds is 3. The normalized spacial score (nSPS) is 12.0. The third-order valence-corrected chi connectivity index (χ3v) is 3.65. The van der Waals surface area contributed by atoms with Crippen molar-refractivity contribution in [3.63, 3.8) is 0 Å². The largest absolute Gasteiger partial charge is 0.372 e. The second-order valence-corrected chi connectivity index (χ2v) is 4.96. The van der Waals surface area contributed by atoms with E-state index >= 15 is 0 Å². The highest BCUT2D eigenvalue weighted by Gasteiger charge is 2.13. The van der Waals surface area contributed by atoms with Gasteiger partial charge in [0.15, 0.2) is 0 Å². The molecule has 0 saturated heterocycles. The molecule has 0 fully saturated rings. The molecular weight excluding hydrogens is 258 g/mol. The molecule has 0 radical (unpaired) electrons. The molecule has 0 spiro atoms. The zero-order valence-electron chi connectivity index (χ0n) is 11.8. The van der Waals surface area contributed by atoms with Crippen molar-refractivity contribution in [1.29, 1.82) is 5.26 Å². The molecule has 3 aromatic carbocycles. The van der Waals surface area contributed by atoms with Crippen LogP contribution in [0.2, 0.25) is 0 Å². The van der Waals surface area contributed by atoms with Crippen LogP contribution in [-0.4, -0.2) is 7.11 Å². The Kier molecular flexibility index (Phi) is 3.68. The van der Waals surface area contributed by atoms with Crippen LogP contribution in [0.3, 0.4) is 0 Å². The molecule has 3 aromatic rings. The molecule has 0 heterocycles. The van der Waals surface area contributed by atoms with Gasteiger partial charge in [0.25, 0.3) is 0 Å². The Balaban J connectivity index is 2.02. The second kappa shape index (κ2) is 5.78. The van der Waals surface area contributed by atoms with Gasteiger partial charge in [-0.05, 0) is 40.1 Å². The monoisotopic (exact) mass is 273 g/mol. The molecule has 0 bridgehead atoms. The van der Waals surface area contributed by atoms with E-state index in [-0.39, 0.29) is 6.10 Å². The Labute approximate surface area is 124 Å². The third kappa shape index (κ3) is 2.65. The van der Waals surface area contributed by atoms with Crippen molar-refractivity contribution in [2.45, 2.75) is 6.10 Å². The minimum absolute atomic E-state index is 0.123. The lowest BCUT2D eigenvalue weighted by Gasteiger charge is -2.17. The standard InChI is InChI=1S/C19H15NO/c1-21-19(16-8-6-14(13-20)7-9-16)18-11-10-15-4-2-3-5-17(15)12-18/h2-12,19H,1H3. The first kappa shape index (κ1) is 13.4. The molecule has 102 valence electrons. The number of hydrogen-bond donors (Lipinski definition) is 0. The van der Waals surface area contributed by atoms with Crippen molar-refractivity contribution < 1.29 is 4.74 Å². The maximum Gasteiger partial charge on any atom is 0.107 e. The minimum Gasteiger partial charge on any atom is -0.372 e. The van der Waals surface area contributed by atoms with Crippen LogP contribution in [-0.2, 0) is 4.74 Å². The molecule has 21 heavy (non-hydrogen) atoms. The van der Waals surface area contributed by atoms with Crippen LogP contribution in [0, 0.1) is 11.3 Å². The Morgan fingerprint density at radius 2 is 1.52 bits per heavy atom. The van der Waals surface area contributed by atoms with Crippen LogP contribution in [0.1, 0.15) is 22.8 Å². The highest BCUT2D eigenvalue weighted by Crippen LogP contribution is 2.28. The van der Waals surface area contributed by atoms with Crippen molar-refractivity contribution in [3.8, 4) is 6.07 Å². The Morgan fingerprint density at radius 3 is 2.19 bits per heavy atom. The van der Waals surface area contributed by atoms with E-state index in [0.29, 0.717) is 5.56 Å². The fourth-order valence-electron chi connectivity index (χ4n) is 2.57. The molecule has 1 unspecified atom stereocenters. The van der Waals surface area contributed by atoms with Crippen LogP contribution in [0.15, 0.2) is 66.7 Å². The van der Waals surface area contributed by atoms with Crippen molar-refractivity contribution in [3.05, 3.63) is 83.4 Å². The lowest BCUT2D eigenvalue weighted by Crippen LogP contribution is -2.03. The van der Waals surface area contributed by atoms with Crippen molar-refractivity contribution in [1.82, 2.24) is 0 Å². The summed E-state index contributed by atoms with van der Waals surface area (Å²) in [6.07, 6.45) is -0.123. The SMILES string of the molecule is COC(c1ccc(C#N)cc1)c1ccc2ccccc2c1. The van der Waals surface area contributed by atoms with E-state index in [4.69, 9.17) is 10.00 Å². The lowest BCUT2D eigenvalue weighted by molar-refractivity contribution is 0.136. The zero-order valence-corrected chi connectivity index (χ0v) is 11.8. The van der Waals surface area contributed by atoms with E-state index in [1.807, 2.05) is 36.4 Å². The maximum atomic E-state index is 8.88. The Bertz CT molecular complexity index is 800. The van der Waals surface area contributed by atoms with Crippen LogP contribution in [0.25, 0.3) is 10.8 Å². The molecule has 0 aromatic heterocycles. The van der Waals surface area contributed by atoms with Gasteiger partial charge in [0.1, 0.15) is 6.10 Å². The van der Waals surface area contributed by atoms with Crippen LogP contribution in [0.4, 0.5) is 0 Å². The molecule has 0 N–H and O–H groups in total. The summed E-state index contributed by atoms with van der Waals surface area (Å²) in [7, 11) is 1.71. The van der Waals surface area contributed by atoms with Gasteiger partial charge in [-0.25, -0.2) is 0 Å². The first-order valence-electron chi connectivity index (χ1n) is 6.83. The highest BCUT2D eigenvalue weighted by atomic mass is 16.5. The number of nitrogens with zero attached hydrogens (tertiary/aromatic N) is 1. The number of benzene rings is 3. The Morgan fingerprint density at radius 1 is 0.857 bits per heavy atom. The van der Waals surface area contributed by atoms with Gasteiger partial charge in [0, 0.05) is 7.11 Å². The second-order valence-electron chi connectivity index (χ2n) is 4.96. The van der Waals surface area contributed by atoms with Crippen LogP contribution in [0.5, 0.6) is 0 Å². The highest BCUT2D eigenvalue weighted by molar-refractivity contribution is 5.83. The molecule has 2 heteroatoms. The molecule has 0 aliphatic heterocycles. The van der Waals surface area contributed by atoms with Crippen LogP contribution < -0.4 is 0 Å². The number of ether oxygens (including phenoxy) is 1. The van der Waals surface area contributed by atoms with Gasteiger partial charge in [0.05, 0.1) is 11.6 Å². The minimum atomic E-state index is -0.123. The van der Waals surface area contributed by atoms with Gasteiger partial charge < -0.3 is 4.74 Å². The van der Waals surface area contributed by atoms with Gasteiger partial charge in [-0.1, -0.05) is 48.5 Å².